The molecule has 1 saturated heterocycles. The highest BCUT2D eigenvalue weighted by molar-refractivity contribution is 4.80. The normalized spacial score (nSPS) is 22.5. The van der Waals surface area contributed by atoms with Gasteiger partial charge in [-0.3, -0.25) is 4.90 Å². The third-order valence-corrected chi connectivity index (χ3v) is 4.16. The van der Waals surface area contributed by atoms with E-state index in [1.807, 2.05) is 0 Å². The smallest absolute Gasteiger partial charge is 0.313 e. The molecular weight excluding hydrogens is 265 g/mol. The summed E-state index contributed by atoms with van der Waals surface area (Å²) in [5.74, 6) is 0. The van der Waals surface area contributed by atoms with Crippen LogP contribution in [0.5, 0.6) is 0 Å². The summed E-state index contributed by atoms with van der Waals surface area (Å²) < 4.78 is 36.6. The lowest BCUT2D eigenvalue weighted by Gasteiger charge is -2.37. The molecule has 1 aliphatic rings. The van der Waals surface area contributed by atoms with Crippen molar-refractivity contribution in [3.8, 4) is 0 Å². The van der Waals surface area contributed by atoms with Crippen molar-refractivity contribution in [2.24, 2.45) is 0 Å². The number of rotatable bonds is 7. The van der Waals surface area contributed by atoms with E-state index in [4.69, 9.17) is 0 Å². The van der Waals surface area contributed by atoms with Crippen molar-refractivity contribution in [2.45, 2.75) is 83.6 Å². The minimum Gasteiger partial charge on any atom is -0.313 e. The van der Waals surface area contributed by atoms with Crippen LogP contribution in [-0.2, 0) is 0 Å². The van der Waals surface area contributed by atoms with Crippen molar-refractivity contribution in [3.05, 3.63) is 0 Å². The van der Waals surface area contributed by atoms with Crippen LogP contribution in [0.15, 0.2) is 0 Å². The van der Waals surface area contributed by atoms with Crippen LogP contribution >= 0.6 is 0 Å². The molecule has 0 aromatic rings. The van der Waals surface area contributed by atoms with Crippen LogP contribution in [-0.4, -0.2) is 42.3 Å². The molecule has 120 valence electrons. The lowest BCUT2D eigenvalue weighted by molar-refractivity contribution is -0.136. The Morgan fingerprint density at radius 3 is 2.40 bits per heavy atom. The summed E-state index contributed by atoms with van der Waals surface area (Å²) in [4.78, 5) is 2.35. The highest BCUT2D eigenvalue weighted by atomic mass is 19.4. The van der Waals surface area contributed by atoms with E-state index in [0.717, 1.165) is 13.1 Å². The molecule has 0 aromatic carbocycles. The average Bonchev–Trinajstić information content (AvgIpc) is 2.35. The Morgan fingerprint density at radius 2 is 1.90 bits per heavy atom. The lowest BCUT2D eigenvalue weighted by atomic mass is 10.0. The van der Waals surface area contributed by atoms with Gasteiger partial charge in [-0.05, 0) is 53.0 Å². The van der Waals surface area contributed by atoms with Crippen molar-refractivity contribution in [2.75, 3.05) is 13.1 Å². The molecule has 2 unspecified atom stereocenters. The number of nitrogens with zero attached hydrogens (tertiary/aromatic N) is 1. The van der Waals surface area contributed by atoms with E-state index in [9.17, 15) is 13.2 Å². The summed E-state index contributed by atoms with van der Waals surface area (Å²) >= 11 is 0. The van der Waals surface area contributed by atoms with Crippen molar-refractivity contribution in [3.63, 3.8) is 0 Å². The molecule has 1 fully saturated rings. The molecule has 0 saturated carbocycles. The zero-order chi connectivity index (χ0) is 15.2. The van der Waals surface area contributed by atoms with Gasteiger partial charge in [0.25, 0.3) is 0 Å². The number of hydrogen-bond acceptors (Lipinski definition) is 2. The summed E-state index contributed by atoms with van der Waals surface area (Å²) in [6.45, 7) is 8.33. The Kier molecular flexibility index (Phi) is 7.30. The molecule has 1 N–H and O–H groups in total. The molecule has 0 bridgehead atoms. The molecule has 0 amide bonds. The summed E-state index contributed by atoms with van der Waals surface area (Å²) in [7, 11) is 0. The van der Waals surface area contributed by atoms with Gasteiger partial charge in [0, 0.05) is 31.1 Å². The van der Waals surface area contributed by atoms with Gasteiger partial charge in [-0.2, -0.15) is 13.2 Å². The van der Waals surface area contributed by atoms with E-state index >= 15 is 0 Å². The SMILES string of the molecule is CC(C)N(CC1CCCCN1)C(C)CCCC(F)(F)F. The fourth-order valence-corrected chi connectivity index (χ4v) is 3.00. The molecule has 20 heavy (non-hydrogen) atoms. The molecule has 1 aliphatic heterocycles. The summed E-state index contributed by atoms with van der Waals surface area (Å²) in [5.41, 5.74) is 0. The van der Waals surface area contributed by atoms with Gasteiger partial charge in [0.05, 0.1) is 0 Å². The molecule has 5 heteroatoms. The van der Waals surface area contributed by atoms with Gasteiger partial charge in [0.1, 0.15) is 0 Å². The second kappa shape index (κ2) is 8.23. The summed E-state index contributed by atoms with van der Waals surface area (Å²) in [6, 6.07) is 1.08. The van der Waals surface area contributed by atoms with E-state index < -0.39 is 12.6 Å². The zero-order valence-electron chi connectivity index (χ0n) is 13.0. The minimum atomic E-state index is -4.02. The Hall–Kier alpha value is -0.290. The minimum absolute atomic E-state index is 0.209. The van der Waals surface area contributed by atoms with Crippen LogP contribution in [0.4, 0.5) is 13.2 Å². The maximum Gasteiger partial charge on any atom is 0.389 e. The zero-order valence-corrected chi connectivity index (χ0v) is 13.0. The second-order valence-electron chi connectivity index (χ2n) is 6.29. The highest BCUT2D eigenvalue weighted by Gasteiger charge is 2.28. The topological polar surface area (TPSA) is 15.3 Å². The van der Waals surface area contributed by atoms with Crippen molar-refractivity contribution in [1.82, 2.24) is 10.2 Å². The second-order valence-corrected chi connectivity index (χ2v) is 6.29. The van der Waals surface area contributed by atoms with E-state index in [0.29, 0.717) is 18.5 Å². The van der Waals surface area contributed by atoms with E-state index in [2.05, 4.69) is 31.0 Å². The Balaban J connectivity index is 2.39. The van der Waals surface area contributed by atoms with Crippen molar-refractivity contribution < 1.29 is 13.2 Å². The summed E-state index contributed by atoms with van der Waals surface area (Å²) in [5, 5.41) is 3.52. The standard InChI is InChI=1S/C15H29F3N2/c1-12(2)20(11-14-8-4-5-10-19-14)13(3)7-6-9-15(16,17)18/h12-14,19H,4-11H2,1-3H3. The quantitative estimate of drug-likeness (QED) is 0.764. The van der Waals surface area contributed by atoms with Gasteiger partial charge in [-0.25, -0.2) is 0 Å². The first kappa shape index (κ1) is 17.8. The molecule has 2 atom stereocenters. The third-order valence-electron chi connectivity index (χ3n) is 4.16. The van der Waals surface area contributed by atoms with Gasteiger partial charge in [-0.15, -0.1) is 0 Å². The first-order valence-corrected chi connectivity index (χ1v) is 7.85. The highest BCUT2D eigenvalue weighted by Crippen LogP contribution is 2.24. The first-order valence-electron chi connectivity index (χ1n) is 7.85. The van der Waals surface area contributed by atoms with Gasteiger partial charge in [-0.1, -0.05) is 6.42 Å². The Morgan fingerprint density at radius 1 is 1.20 bits per heavy atom. The molecule has 2 nitrogen and oxygen atoms in total. The maximum atomic E-state index is 12.2. The molecular formula is C15H29F3N2. The molecule has 0 radical (unpaired) electrons. The molecule has 1 rings (SSSR count). The lowest BCUT2D eigenvalue weighted by Crippen LogP contribution is -2.49. The van der Waals surface area contributed by atoms with E-state index in [-0.39, 0.29) is 12.5 Å². The predicted molar refractivity (Wildman–Crippen MR) is 76.9 cm³/mol. The van der Waals surface area contributed by atoms with Crippen molar-refractivity contribution >= 4 is 0 Å². The number of alkyl halides is 3. The molecule has 1 heterocycles. The van der Waals surface area contributed by atoms with E-state index in [1.165, 1.54) is 19.3 Å². The Bertz CT molecular complexity index is 260. The Labute approximate surface area is 121 Å². The van der Waals surface area contributed by atoms with Crippen molar-refractivity contribution in [1.29, 1.82) is 0 Å². The third kappa shape index (κ3) is 6.93. The fourth-order valence-electron chi connectivity index (χ4n) is 3.00. The van der Waals surface area contributed by atoms with Crippen LogP contribution in [0.3, 0.4) is 0 Å². The monoisotopic (exact) mass is 294 g/mol. The molecule has 0 aliphatic carbocycles. The van der Waals surface area contributed by atoms with Crippen LogP contribution in [0.2, 0.25) is 0 Å². The first-order chi connectivity index (χ1) is 9.29. The number of hydrogen-bond donors (Lipinski definition) is 1. The van der Waals surface area contributed by atoms with E-state index in [1.54, 1.807) is 0 Å². The average molecular weight is 294 g/mol. The van der Waals surface area contributed by atoms with Crippen LogP contribution in [0.1, 0.15) is 59.3 Å². The predicted octanol–water partition coefficient (Wildman–Crippen LogP) is 3.96. The van der Waals surface area contributed by atoms with Crippen LogP contribution in [0.25, 0.3) is 0 Å². The molecule has 0 spiro atoms. The number of nitrogens with one attached hydrogen (secondary N) is 1. The fraction of sp³-hybridized carbons (Fsp3) is 1.00. The van der Waals surface area contributed by atoms with Crippen LogP contribution in [0, 0.1) is 0 Å². The van der Waals surface area contributed by atoms with Gasteiger partial charge < -0.3 is 5.32 Å². The maximum absolute atomic E-state index is 12.2. The largest absolute Gasteiger partial charge is 0.389 e. The van der Waals surface area contributed by atoms with Gasteiger partial charge in [0.15, 0.2) is 0 Å². The van der Waals surface area contributed by atoms with Crippen LogP contribution < -0.4 is 5.32 Å². The number of piperidine rings is 1. The summed E-state index contributed by atoms with van der Waals surface area (Å²) in [6.07, 6.45) is -0.168. The van der Waals surface area contributed by atoms with Gasteiger partial charge >= 0.3 is 6.18 Å². The van der Waals surface area contributed by atoms with Gasteiger partial charge in [0.2, 0.25) is 0 Å². The number of halogens is 3. The molecule has 0 aromatic heterocycles.